The lowest BCUT2D eigenvalue weighted by Gasteiger charge is -2.09. The van der Waals surface area contributed by atoms with Crippen LogP contribution in [-0.4, -0.2) is 32.8 Å². The summed E-state index contributed by atoms with van der Waals surface area (Å²) in [5.74, 6) is 0.208. The van der Waals surface area contributed by atoms with Crippen LogP contribution in [0.1, 0.15) is 6.42 Å². The molecule has 0 saturated heterocycles. The van der Waals surface area contributed by atoms with Crippen LogP contribution in [-0.2, 0) is 9.53 Å². The van der Waals surface area contributed by atoms with E-state index < -0.39 is 0 Å². The van der Waals surface area contributed by atoms with Gasteiger partial charge in [0.25, 0.3) is 5.91 Å². The summed E-state index contributed by atoms with van der Waals surface area (Å²) in [5.41, 5.74) is 6.13. The molecule has 1 aromatic carbocycles. The molecule has 0 aliphatic rings. The molecule has 1 amide bonds. The van der Waals surface area contributed by atoms with Crippen LogP contribution in [0.4, 0.5) is 5.69 Å². The molecule has 0 aliphatic carbocycles. The zero-order valence-electron chi connectivity index (χ0n) is 10.2. The maximum Gasteiger partial charge on any atom is 0.257 e. The highest BCUT2D eigenvalue weighted by Gasteiger charge is 2.05. The number of nitrogen functional groups attached to an aromatic ring is 1. The summed E-state index contributed by atoms with van der Waals surface area (Å²) in [5, 5.41) is 3.22. The molecule has 18 heavy (non-hydrogen) atoms. The maximum absolute atomic E-state index is 11.4. The lowest BCUT2D eigenvalue weighted by Crippen LogP contribution is -2.30. The number of nitrogens with one attached hydrogen (secondary N) is 1. The van der Waals surface area contributed by atoms with Crippen LogP contribution in [0.3, 0.4) is 0 Å². The van der Waals surface area contributed by atoms with Crippen LogP contribution in [0.2, 0.25) is 5.02 Å². The van der Waals surface area contributed by atoms with Gasteiger partial charge in [-0.3, -0.25) is 4.79 Å². The Bertz CT molecular complexity index is 399. The number of amides is 1. The minimum absolute atomic E-state index is 0.0858. The molecule has 6 heteroatoms. The standard InChI is InChI=1S/C12H17ClN2O3/c1-17-6-2-5-15-12(16)8-18-11-7-9(13)3-4-10(11)14/h3-4,7H,2,5-6,8,14H2,1H3,(H,15,16). The molecule has 0 aliphatic heterocycles. The number of rotatable bonds is 7. The van der Waals surface area contributed by atoms with Crippen molar-refractivity contribution in [2.24, 2.45) is 0 Å². The summed E-state index contributed by atoms with van der Waals surface area (Å²) in [7, 11) is 1.62. The van der Waals surface area contributed by atoms with Crippen molar-refractivity contribution in [1.82, 2.24) is 5.32 Å². The zero-order chi connectivity index (χ0) is 13.4. The predicted octanol–water partition coefficient (Wildman–Crippen LogP) is 1.45. The highest BCUT2D eigenvalue weighted by atomic mass is 35.5. The Morgan fingerprint density at radius 1 is 1.50 bits per heavy atom. The third-order valence-electron chi connectivity index (χ3n) is 2.18. The molecule has 5 nitrogen and oxygen atoms in total. The Hall–Kier alpha value is -1.46. The van der Waals surface area contributed by atoms with E-state index in [1.54, 1.807) is 25.3 Å². The fourth-order valence-corrected chi connectivity index (χ4v) is 1.43. The highest BCUT2D eigenvalue weighted by Crippen LogP contribution is 2.25. The zero-order valence-corrected chi connectivity index (χ0v) is 11.0. The second-order valence-electron chi connectivity index (χ2n) is 3.67. The van der Waals surface area contributed by atoms with E-state index in [1.807, 2.05) is 0 Å². The van der Waals surface area contributed by atoms with E-state index in [0.29, 0.717) is 29.6 Å². The summed E-state index contributed by atoms with van der Waals surface area (Å²) in [6, 6.07) is 4.87. The molecule has 0 fully saturated rings. The summed E-state index contributed by atoms with van der Waals surface area (Å²) in [6.45, 7) is 1.08. The van der Waals surface area contributed by atoms with Crippen LogP contribution in [0.25, 0.3) is 0 Å². The minimum Gasteiger partial charge on any atom is -0.482 e. The first-order chi connectivity index (χ1) is 8.63. The SMILES string of the molecule is COCCCNC(=O)COc1cc(Cl)ccc1N. The van der Waals surface area contributed by atoms with Crippen molar-refractivity contribution in [1.29, 1.82) is 0 Å². The molecule has 3 N–H and O–H groups in total. The number of benzene rings is 1. The van der Waals surface area contributed by atoms with Crippen molar-refractivity contribution in [2.45, 2.75) is 6.42 Å². The van der Waals surface area contributed by atoms with E-state index in [4.69, 9.17) is 26.8 Å². The van der Waals surface area contributed by atoms with Crippen LogP contribution < -0.4 is 15.8 Å². The number of carbonyl (C=O) groups excluding carboxylic acids is 1. The first-order valence-corrected chi connectivity index (χ1v) is 5.94. The maximum atomic E-state index is 11.4. The van der Waals surface area contributed by atoms with Gasteiger partial charge in [-0.1, -0.05) is 11.6 Å². The van der Waals surface area contributed by atoms with Crippen molar-refractivity contribution in [2.75, 3.05) is 32.6 Å². The average molecular weight is 273 g/mol. The van der Waals surface area contributed by atoms with Gasteiger partial charge in [-0.25, -0.2) is 0 Å². The van der Waals surface area contributed by atoms with Gasteiger partial charge in [0.2, 0.25) is 0 Å². The fourth-order valence-electron chi connectivity index (χ4n) is 1.27. The van der Waals surface area contributed by atoms with Crippen LogP contribution in [0.15, 0.2) is 18.2 Å². The Kier molecular flexibility index (Phi) is 6.32. The monoisotopic (exact) mass is 272 g/mol. The molecular weight excluding hydrogens is 256 g/mol. The van der Waals surface area contributed by atoms with Gasteiger partial charge in [0.15, 0.2) is 6.61 Å². The molecular formula is C12H17ClN2O3. The number of anilines is 1. The van der Waals surface area contributed by atoms with Crippen LogP contribution in [0.5, 0.6) is 5.75 Å². The van der Waals surface area contributed by atoms with Gasteiger partial charge in [0.05, 0.1) is 5.69 Å². The van der Waals surface area contributed by atoms with Crippen molar-refractivity contribution in [3.8, 4) is 5.75 Å². The lowest BCUT2D eigenvalue weighted by molar-refractivity contribution is -0.123. The summed E-state index contributed by atoms with van der Waals surface area (Å²) in [4.78, 5) is 11.4. The first kappa shape index (κ1) is 14.6. The molecule has 0 unspecified atom stereocenters. The Balaban J connectivity index is 2.31. The van der Waals surface area contributed by atoms with E-state index in [-0.39, 0.29) is 12.5 Å². The van der Waals surface area contributed by atoms with Gasteiger partial charge in [0, 0.05) is 31.4 Å². The molecule has 0 atom stereocenters. The smallest absolute Gasteiger partial charge is 0.257 e. The molecule has 0 saturated carbocycles. The third kappa shape index (κ3) is 5.25. The molecule has 0 aromatic heterocycles. The van der Waals surface area contributed by atoms with E-state index in [1.165, 1.54) is 0 Å². The van der Waals surface area contributed by atoms with Crippen molar-refractivity contribution < 1.29 is 14.3 Å². The summed E-state index contributed by atoms with van der Waals surface area (Å²) >= 11 is 5.80. The van der Waals surface area contributed by atoms with Gasteiger partial charge < -0.3 is 20.5 Å². The number of nitrogens with two attached hydrogens (primary N) is 1. The van der Waals surface area contributed by atoms with E-state index in [0.717, 1.165) is 6.42 Å². The fraction of sp³-hybridized carbons (Fsp3) is 0.417. The molecule has 0 radical (unpaired) electrons. The average Bonchev–Trinajstić information content (AvgIpc) is 2.36. The topological polar surface area (TPSA) is 73.6 Å². The van der Waals surface area contributed by atoms with Gasteiger partial charge in [0.1, 0.15) is 5.75 Å². The normalized spacial score (nSPS) is 10.1. The molecule has 1 aromatic rings. The Labute approximate surface area is 111 Å². The van der Waals surface area contributed by atoms with Gasteiger partial charge in [-0.05, 0) is 18.6 Å². The molecule has 100 valence electrons. The van der Waals surface area contributed by atoms with Crippen LogP contribution in [0, 0.1) is 0 Å². The van der Waals surface area contributed by atoms with Crippen molar-refractivity contribution in [3.63, 3.8) is 0 Å². The Morgan fingerprint density at radius 2 is 2.28 bits per heavy atom. The highest BCUT2D eigenvalue weighted by molar-refractivity contribution is 6.30. The van der Waals surface area contributed by atoms with Crippen molar-refractivity contribution >= 4 is 23.2 Å². The van der Waals surface area contributed by atoms with Gasteiger partial charge in [-0.15, -0.1) is 0 Å². The number of halogens is 1. The van der Waals surface area contributed by atoms with E-state index in [2.05, 4.69) is 5.32 Å². The first-order valence-electron chi connectivity index (χ1n) is 5.57. The van der Waals surface area contributed by atoms with E-state index >= 15 is 0 Å². The quantitative estimate of drug-likeness (QED) is 0.582. The van der Waals surface area contributed by atoms with Crippen LogP contribution >= 0.6 is 11.6 Å². The van der Waals surface area contributed by atoms with Crippen molar-refractivity contribution in [3.05, 3.63) is 23.2 Å². The second-order valence-corrected chi connectivity index (χ2v) is 4.10. The number of hydrogen-bond acceptors (Lipinski definition) is 4. The molecule has 1 rings (SSSR count). The van der Waals surface area contributed by atoms with E-state index in [9.17, 15) is 4.79 Å². The summed E-state index contributed by atoms with van der Waals surface area (Å²) < 4.78 is 10.2. The Morgan fingerprint density at radius 3 is 3.00 bits per heavy atom. The predicted molar refractivity (Wildman–Crippen MR) is 70.9 cm³/mol. The number of hydrogen-bond donors (Lipinski definition) is 2. The summed E-state index contributed by atoms with van der Waals surface area (Å²) in [6.07, 6.45) is 0.765. The number of ether oxygens (including phenoxy) is 2. The number of carbonyl (C=O) groups is 1. The minimum atomic E-state index is -0.203. The van der Waals surface area contributed by atoms with Gasteiger partial charge in [-0.2, -0.15) is 0 Å². The second kappa shape index (κ2) is 7.79. The lowest BCUT2D eigenvalue weighted by atomic mass is 10.3. The molecule has 0 spiro atoms. The van der Waals surface area contributed by atoms with Gasteiger partial charge >= 0.3 is 0 Å². The number of methoxy groups -OCH3 is 1. The molecule has 0 heterocycles. The molecule has 0 bridgehead atoms. The largest absolute Gasteiger partial charge is 0.482 e. The third-order valence-corrected chi connectivity index (χ3v) is 2.42.